The van der Waals surface area contributed by atoms with E-state index in [2.05, 4.69) is 34.7 Å². The second kappa shape index (κ2) is 9.26. The van der Waals surface area contributed by atoms with Crippen LogP contribution >= 0.6 is 12.4 Å². The largest absolute Gasteiger partial charge is 0.497 e. The Hall–Kier alpha value is -3.31. The minimum atomic E-state index is 0. The van der Waals surface area contributed by atoms with Gasteiger partial charge in [-0.25, -0.2) is 4.98 Å². The molecule has 1 aromatic heterocycles. The summed E-state index contributed by atoms with van der Waals surface area (Å²) in [6.45, 7) is 2.13. The molecule has 2 N–H and O–H groups in total. The Balaban J connectivity index is 0.00000240. The van der Waals surface area contributed by atoms with Gasteiger partial charge in [-0.3, -0.25) is 0 Å². The van der Waals surface area contributed by atoms with Gasteiger partial charge < -0.3 is 15.4 Å². The van der Waals surface area contributed by atoms with Gasteiger partial charge in [0.2, 0.25) is 5.95 Å². The molecule has 0 amide bonds. The second-order valence-electron chi connectivity index (χ2n) is 6.54. The van der Waals surface area contributed by atoms with Crippen LogP contribution in [0.15, 0.2) is 78.9 Å². The number of nitrogens with zero attached hydrogens (tertiary/aromatic N) is 2. The predicted molar refractivity (Wildman–Crippen MR) is 122 cm³/mol. The summed E-state index contributed by atoms with van der Waals surface area (Å²) >= 11 is 0. The van der Waals surface area contributed by atoms with Crippen molar-refractivity contribution in [2.45, 2.75) is 13.0 Å². The highest BCUT2D eigenvalue weighted by Gasteiger charge is 2.11. The molecular formula is C23H23ClN4O. The maximum absolute atomic E-state index is 5.21. The van der Waals surface area contributed by atoms with E-state index in [-0.39, 0.29) is 18.4 Å². The highest BCUT2D eigenvalue weighted by molar-refractivity contribution is 5.90. The lowest BCUT2D eigenvalue weighted by molar-refractivity contribution is 0.415. The van der Waals surface area contributed by atoms with Crippen LogP contribution in [0.2, 0.25) is 0 Å². The Morgan fingerprint density at radius 1 is 0.828 bits per heavy atom. The van der Waals surface area contributed by atoms with Crippen molar-refractivity contribution in [3.8, 4) is 5.75 Å². The first-order valence-corrected chi connectivity index (χ1v) is 9.22. The summed E-state index contributed by atoms with van der Waals surface area (Å²) in [7, 11) is 1.65. The van der Waals surface area contributed by atoms with Gasteiger partial charge in [0.25, 0.3) is 0 Å². The highest BCUT2D eigenvalue weighted by Crippen LogP contribution is 2.27. The van der Waals surface area contributed by atoms with Crippen molar-refractivity contribution in [3.63, 3.8) is 0 Å². The first-order valence-electron chi connectivity index (χ1n) is 9.22. The van der Waals surface area contributed by atoms with Crippen molar-refractivity contribution >= 4 is 40.8 Å². The van der Waals surface area contributed by atoms with Crippen LogP contribution in [-0.4, -0.2) is 17.1 Å². The van der Waals surface area contributed by atoms with Crippen molar-refractivity contribution in [3.05, 3.63) is 84.4 Å². The van der Waals surface area contributed by atoms with Gasteiger partial charge in [-0.2, -0.15) is 4.98 Å². The normalized spacial score (nSPS) is 11.4. The molecule has 0 fully saturated rings. The van der Waals surface area contributed by atoms with Crippen LogP contribution in [-0.2, 0) is 0 Å². The Bertz CT molecular complexity index is 1070. The number of hydrogen-bond acceptors (Lipinski definition) is 5. The van der Waals surface area contributed by atoms with Crippen LogP contribution < -0.4 is 15.4 Å². The van der Waals surface area contributed by atoms with Gasteiger partial charge in [-0.15, -0.1) is 12.4 Å². The summed E-state index contributed by atoms with van der Waals surface area (Å²) in [5.74, 6) is 2.16. The molecule has 0 saturated heterocycles. The lowest BCUT2D eigenvalue weighted by Gasteiger charge is -2.17. The minimum absolute atomic E-state index is 0. The molecule has 5 nitrogen and oxygen atoms in total. The molecule has 148 valence electrons. The van der Waals surface area contributed by atoms with E-state index in [4.69, 9.17) is 9.72 Å². The van der Waals surface area contributed by atoms with Crippen LogP contribution in [0.3, 0.4) is 0 Å². The fraction of sp³-hybridized carbons (Fsp3) is 0.130. The summed E-state index contributed by atoms with van der Waals surface area (Å²) in [6, 6.07) is 26.1. The zero-order valence-corrected chi connectivity index (χ0v) is 17.1. The van der Waals surface area contributed by atoms with Gasteiger partial charge in [0.1, 0.15) is 11.6 Å². The average Bonchev–Trinajstić information content (AvgIpc) is 2.75. The van der Waals surface area contributed by atoms with Crippen molar-refractivity contribution in [1.29, 1.82) is 0 Å². The lowest BCUT2D eigenvalue weighted by atomic mass is 10.1. The Labute approximate surface area is 176 Å². The molecule has 0 aliphatic rings. The minimum Gasteiger partial charge on any atom is -0.497 e. The van der Waals surface area contributed by atoms with Gasteiger partial charge in [0.15, 0.2) is 0 Å². The van der Waals surface area contributed by atoms with Crippen molar-refractivity contribution in [2.24, 2.45) is 0 Å². The van der Waals surface area contributed by atoms with Gasteiger partial charge in [0, 0.05) is 17.1 Å². The Morgan fingerprint density at radius 2 is 1.52 bits per heavy atom. The number of benzene rings is 3. The van der Waals surface area contributed by atoms with Gasteiger partial charge in [-0.1, -0.05) is 42.5 Å². The molecule has 0 saturated carbocycles. The summed E-state index contributed by atoms with van der Waals surface area (Å²) in [5.41, 5.74) is 2.99. The van der Waals surface area contributed by atoms with E-state index in [0.29, 0.717) is 5.95 Å². The Morgan fingerprint density at radius 3 is 2.24 bits per heavy atom. The van der Waals surface area contributed by atoms with Crippen LogP contribution in [0.4, 0.5) is 17.5 Å². The molecule has 1 unspecified atom stereocenters. The first kappa shape index (κ1) is 20.4. The number of ether oxygens (including phenoxy) is 1. The van der Waals surface area contributed by atoms with Crippen molar-refractivity contribution in [1.82, 2.24) is 9.97 Å². The van der Waals surface area contributed by atoms with Gasteiger partial charge >= 0.3 is 0 Å². The number of anilines is 3. The zero-order chi connectivity index (χ0) is 19.3. The number of fused-ring (bicyclic) bond motifs is 1. The van der Waals surface area contributed by atoms with Gasteiger partial charge in [0.05, 0.1) is 12.6 Å². The van der Waals surface area contributed by atoms with Crippen LogP contribution in [0, 0.1) is 0 Å². The quantitative estimate of drug-likeness (QED) is 0.412. The molecule has 1 atom stereocenters. The third-order valence-corrected chi connectivity index (χ3v) is 4.60. The SMILES string of the molecule is COc1ccc(Nc2nc(NC(C)c3ccccc3)c3ccccc3n2)cc1.Cl. The Kier molecular flexibility index (Phi) is 6.52. The zero-order valence-electron chi connectivity index (χ0n) is 16.3. The van der Waals surface area contributed by atoms with Crippen molar-refractivity contribution < 1.29 is 4.74 Å². The van der Waals surface area contributed by atoms with Crippen LogP contribution in [0.1, 0.15) is 18.5 Å². The third-order valence-electron chi connectivity index (χ3n) is 4.60. The molecule has 0 bridgehead atoms. The maximum Gasteiger partial charge on any atom is 0.229 e. The molecule has 1 heterocycles. The molecular weight excluding hydrogens is 384 g/mol. The topological polar surface area (TPSA) is 59.1 Å². The number of hydrogen-bond donors (Lipinski definition) is 2. The molecule has 29 heavy (non-hydrogen) atoms. The van der Waals surface area contributed by atoms with Crippen LogP contribution in [0.5, 0.6) is 5.75 Å². The molecule has 0 spiro atoms. The number of para-hydroxylation sites is 1. The van der Waals surface area contributed by atoms with Gasteiger partial charge in [-0.05, 0) is 48.9 Å². The molecule has 6 heteroatoms. The van der Waals surface area contributed by atoms with E-state index in [1.807, 2.05) is 66.7 Å². The third kappa shape index (κ3) is 4.76. The average molecular weight is 407 g/mol. The van der Waals surface area contributed by atoms with E-state index in [0.717, 1.165) is 28.2 Å². The molecule has 0 radical (unpaired) electrons. The number of nitrogens with one attached hydrogen (secondary N) is 2. The summed E-state index contributed by atoms with van der Waals surface area (Å²) in [5, 5.41) is 7.81. The monoisotopic (exact) mass is 406 g/mol. The standard InChI is InChI=1S/C23H22N4O.ClH/c1-16(17-8-4-3-5-9-17)24-22-20-10-6-7-11-21(20)26-23(27-22)25-18-12-14-19(28-2)15-13-18;/h3-16H,1-2H3,(H2,24,25,26,27);1H. The summed E-state index contributed by atoms with van der Waals surface area (Å²) < 4.78 is 5.21. The van der Waals surface area contributed by atoms with E-state index in [1.54, 1.807) is 7.11 Å². The van der Waals surface area contributed by atoms with Crippen molar-refractivity contribution in [2.75, 3.05) is 17.7 Å². The molecule has 4 rings (SSSR count). The second-order valence-corrected chi connectivity index (χ2v) is 6.54. The summed E-state index contributed by atoms with van der Waals surface area (Å²) in [6.07, 6.45) is 0. The summed E-state index contributed by atoms with van der Waals surface area (Å²) in [4.78, 5) is 9.40. The fourth-order valence-electron chi connectivity index (χ4n) is 3.08. The predicted octanol–water partition coefficient (Wildman–Crippen LogP) is 5.98. The smallest absolute Gasteiger partial charge is 0.229 e. The van der Waals surface area contributed by atoms with E-state index >= 15 is 0 Å². The van der Waals surface area contributed by atoms with Crippen LogP contribution in [0.25, 0.3) is 10.9 Å². The lowest BCUT2D eigenvalue weighted by Crippen LogP contribution is -2.10. The van der Waals surface area contributed by atoms with E-state index in [9.17, 15) is 0 Å². The number of halogens is 1. The highest BCUT2D eigenvalue weighted by atomic mass is 35.5. The van der Waals surface area contributed by atoms with E-state index in [1.165, 1.54) is 5.56 Å². The first-order chi connectivity index (χ1) is 13.7. The maximum atomic E-state index is 5.21. The van der Waals surface area contributed by atoms with E-state index < -0.39 is 0 Å². The number of aromatic nitrogens is 2. The molecule has 0 aliphatic heterocycles. The molecule has 3 aromatic carbocycles. The number of rotatable bonds is 6. The molecule has 4 aromatic rings. The number of methoxy groups -OCH3 is 1. The fourth-order valence-corrected chi connectivity index (χ4v) is 3.08. The molecule has 0 aliphatic carbocycles.